The Morgan fingerprint density at radius 3 is 1.32 bits per heavy atom. The Morgan fingerprint density at radius 1 is 0.455 bits per heavy atom. The Bertz CT molecular complexity index is 853. The van der Waals surface area contributed by atoms with E-state index < -0.39 is 0 Å². The fourth-order valence-corrected chi connectivity index (χ4v) is 2.64. The molecule has 4 rings (SSSR count). The third-order valence-corrected chi connectivity index (χ3v) is 3.72. The summed E-state index contributed by atoms with van der Waals surface area (Å²) in [4.78, 5) is 0. The predicted molar refractivity (Wildman–Crippen MR) is 90.6 cm³/mol. The van der Waals surface area contributed by atoms with E-state index in [0.29, 0.717) is 0 Å². The summed E-state index contributed by atoms with van der Waals surface area (Å²) >= 11 is 0. The van der Waals surface area contributed by atoms with E-state index >= 15 is 0 Å². The maximum Gasteiger partial charge on any atom is 0 e. The quantitative estimate of drug-likeness (QED) is 0.398. The van der Waals surface area contributed by atoms with Crippen LogP contribution in [-0.4, -0.2) is 0 Å². The average Bonchev–Trinajstić information content (AvgIpc) is 2.55. The van der Waals surface area contributed by atoms with E-state index in [1.807, 2.05) is 0 Å². The number of benzene rings is 4. The van der Waals surface area contributed by atoms with Crippen molar-refractivity contribution in [2.45, 2.75) is 0 Å². The van der Waals surface area contributed by atoms with Crippen molar-refractivity contribution in [2.75, 3.05) is 0 Å². The Balaban J connectivity index is 0.00000144. The molecule has 2 heteroatoms. The first-order valence-corrected chi connectivity index (χ1v) is 7.08. The molecule has 0 heterocycles. The van der Waals surface area contributed by atoms with E-state index in [-0.39, 0.29) is 32.7 Å². The van der Waals surface area contributed by atoms with E-state index in [1.54, 1.807) is 0 Å². The van der Waals surface area contributed by atoms with Gasteiger partial charge in [0.15, 0.2) is 0 Å². The van der Waals surface area contributed by atoms with Crippen molar-refractivity contribution in [1.82, 2.24) is 0 Å². The molecular formula is C20H14NY-. The third-order valence-electron chi connectivity index (χ3n) is 3.72. The molecular weight excluding hydrogens is 343 g/mol. The molecule has 0 aliphatic rings. The summed E-state index contributed by atoms with van der Waals surface area (Å²) in [6.07, 6.45) is 0. The Labute approximate surface area is 155 Å². The molecule has 0 atom stereocenters. The maximum atomic E-state index is 4.74. The zero-order valence-corrected chi connectivity index (χ0v) is 14.9. The summed E-state index contributed by atoms with van der Waals surface area (Å²) < 4.78 is 0. The molecule has 4 aromatic carbocycles. The molecule has 0 aliphatic carbocycles. The van der Waals surface area contributed by atoms with Crippen molar-refractivity contribution in [3.05, 3.63) is 90.2 Å². The van der Waals surface area contributed by atoms with Gasteiger partial charge in [0.2, 0.25) is 0 Å². The number of hydrogen-bond donors (Lipinski definition) is 0. The molecule has 0 fully saturated rings. The van der Waals surface area contributed by atoms with Crippen molar-refractivity contribution < 1.29 is 32.7 Å². The van der Waals surface area contributed by atoms with Crippen LogP contribution in [-0.2, 0) is 32.7 Å². The van der Waals surface area contributed by atoms with Gasteiger partial charge in [-0.2, -0.15) is 0 Å². The second kappa shape index (κ2) is 6.60. The maximum absolute atomic E-state index is 4.74. The number of fused-ring (bicyclic) bond motifs is 2. The zero-order valence-electron chi connectivity index (χ0n) is 12.1. The van der Waals surface area contributed by atoms with Crippen molar-refractivity contribution in [2.24, 2.45) is 0 Å². The molecule has 1 radical (unpaired) electrons. The minimum Gasteiger partial charge on any atom is -0.658 e. The molecule has 0 spiro atoms. The molecule has 0 saturated carbocycles. The molecule has 0 aromatic heterocycles. The molecule has 22 heavy (non-hydrogen) atoms. The normalized spacial score (nSPS) is 10.4. The van der Waals surface area contributed by atoms with Gasteiger partial charge in [-0.25, -0.2) is 0 Å². The predicted octanol–water partition coefficient (Wildman–Crippen LogP) is 6.33. The average molecular weight is 357 g/mol. The second-order valence-electron chi connectivity index (χ2n) is 5.17. The third kappa shape index (κ3) is 3.06. The molecule has 4 aromatic rings. The van der Waals surface area contributed by atoms with Crippen molar-refractivity contribution >= 4 is 32.9 Å². The molecule has 0 aliphatic heterocycles. The zero-order chi connectivity index (χ0) is 14.1. The van der Waals surface area contributed by atoms with E-state index in [9.17, 15) is 0 Å². The number of nitrogens with zero attached hydrogens (tertiary/aromatic N) is 1. The summed E-state index contributed by atoms with van der Waals surface area (Å²) in [6, 6.07) is 29.3. The van der Waals surface area contributed by atoms with Gasteiger partial charge in [-0.3, -0.25) is 0 Å². The van der Waals surface area contributed by atoms with Crippen LogP contribution in [0.3, 0.4) is 0 Å². The van der Waals surface area contributed by atoms with Crippen LogP contribution in [0.1, 0.15) is 0 Å². The Morgan fingerprint density at radius 2 is 0.864 bits per heavy atom. The van der Waals surface area contributed by atoms with Crippen LogP contribution < -0.4 is 0 Å². The van der Waals surface area contributed by atoms with Crippen LogP contribution in [0.5, 0.6) is 0 Å². The minimum atomic E-state index is 0. The first-order valence-electron chi connectivity index (χ1n) is 7.08. The first-order chi connectivity index (χ1) is 10.4. The van der Waals surface area contributed by atoms with Gasteiger partial charge in [0.25, 0.3) is 0 Å². The monoisotopic (exact) mass is 357 g/mol. The molecule has 0 saturated heterocycles. The minimum absolute atomic E-state index is 0. The fraction of sp³-hybridized carbons (Fsp3) is 0. The summed E-state index contributed by atoms with van der Waals surface area (Å²) in [6.45, 7) is 0. The molecule has 0 N–H and O–H groups in total. The standard InChI is InChI=1S/C20H14N.Y/c1-3-7-17-13-19(11-9-15(17)5-1)21-20-12-10-16-6-2-4-8-18(16)14-20;/h1-14H;/q-1;. The van der Waals surface area contributed by atoms with E-state index in [1.165, 1.54) is 21.5 Å². The molecule has 1 nitrogen and oxygen atoms in total. The summed E-state index contributed by atoms with van der Waals surface area (Å²) in [7, 11) is 0. The van der Waals surface area contributed by atoms with Gasteiger partial charge in [0, 0.05) is 32.7 Å². The summed E-state index contributed by atoms with van der Waals surface area (Å²) in [5.74, 6) is 0. The first kappa shape index (κ1) is 15.2. The van der Waals surface area contributed by atoms with Crippen LogP contribution in [0.25, 0.3) is 26.9 Å². The van der Waals surface area contributed by atoms with Gasteiger partial charge >= 0.3 is 0 Å². The second-order valence-corrected chi connectivity index (χ2v) is 5.17. The summed E-state index contributed by atoms with van der Waals surface area (Å²) in [5.41, 5.74) is 1.98. The van der Waals surface area contributed by atoms with Gasteiger partial charge in [0.05, 0.1) is 0 Å². The van der Waals surface area contributed by atoms with Gasteiger partial charge in [0.1, 0.15) is 0 Å². The van der Waals surface area contributed by atoms with E-state index in [2.05, 4.69) is 84.9 Å². The van der Waals surface area contributed by atoms with Crippen LogP contribution in [0, 0.1) is 0 Å². The Hall–Kier alpha value is -1.70. The Kier molecular flexibility index (Phi) is 4.56. The van der Waals surface area contributed by atoms with Gasteiger partial charge in [-0.05, 0) is 21.5 Å². The SMILES string of the molecule is [Y].c1ccc2cc([N-]c3ccc4ccccc4c3)ccc2c1. The number of hydrogen-bond acceptors (Lipinski definition) is 0. The molecule has 0 bridgehead atoms. The number of rotatable bonds is 2. The van der Waals surface area contributed by atoms with Gasteiger partial charge in [-0.1, -0.05) is 84.9 Å². The largest absolute Gasteiger partial charge is 0.658 e. The van der Waals surface area contributed by atoms with Crippen molar-refractivity contribution in [3.63, 3.8) is 0 Å². The van der Waals surface area contributed by atoms with E-state index in [4.69, 9.17) is 5.32 Å². The van der Waals surface area contributed by atoms with Gasteiger partial charge in [-0.15, -0.1) is 11.4 Å². The van der Waals surface area contributed by atoms with E-state index in [0.717, 1.165) is 11.4 Å². The summed E-state index contributed by atoms with van der Waals surface area (Å²) in [5, 5.41) is 9.68. The molecule has 103 valence electrons. The fourth-order valence-electron chi connectivity index (χ4n) is 2.64. The van der Waals surface area contributed by atoms with Crippen LogP contribution in [0.4, 0.5) is 11.4 Å². The topological polar surface area (TPSA) is 14.1 Å². The molecule has 0 amide bonds. The smallest absolute Gasteiger partial charge is 0 e. The van der Waals surface area contributed by atoms with Crippen LogP contribution in [0.2, 0.25) is 0 Å². The van der Waals surface area contributed by atoms with Crippen LogP contribution in [0.15, 0.2) is 84.9 Å². The van der Waals surface area contributed by atoms with Crippen molar-refractivity contribution in [3.8, 4) is 0 Å². The van der Waals surface area contributed by atoms with Gasteiger partial charge < -0.3 is 5.32 Å². The van der Waals surface area contributed by atoms with Crippen LogP contribution >= 0.6 is 0 Å². The van der Waals surface area contributed by atoms with Crippen molar-refractivity contribution in [1.29, 1.82) is 0 Å². The molecule has 0 unspecified atom stereocenters.